The van der Waals surface area contributed by atoms with E-state index in [4.69, 9.17) is 5.11 Å². The van der Waals surface area contributed by atoms with Crippen molar-refractivity contribution in [2.75, 3.05) is 6.61 Å². The third kappa shape index (κ3) is 3.21. The van der Waals surface area contributed by atoms with Gasteiger partial charge in [0, 0.05) is 5.38 Å². The summed E-state index contributed by atoms with van der Waals surface area (Å²) in [4.78, 5) is 11.6. The van der Waals surface area contributed by atoms with E-state index in [9.17, 15) is 4.79 Å². The second-order valence-corrected chi connectivity index (χ2v) is 6.44. The Hall–Kier alpha value is -0.140. The van der Waals surface area contributed by atoms with Gasteiger partial charge >= 0.3 is 0 Å². The molecule has 14 heavy (non-hydrogen) atoms. The molecule has 0 atom stereocenters. The molecule has 2 N–H and O–H groups in total. The largest absolute Gasteiger partial charge is 0.394 e. The third-order valence-electron chi connectivity index (χ3n) is 1.68. The van der Waals surface area contributed by atoms with Crippen LogP contribution in [0.1, 0.15) is 24.2 Å². The summed E-state index contributed by atoms with van der Waals surface area (Å²) in [5.74, 6) is -0.136. The van der Waals surface area contributed by atoms with E-state index in [0.717, 1.165) is 2.88 Å². The molecule has 1 amide bonds. The number of hydrogen-bond donors (Lipinski definition) is 2. The Balaban J connectivity index is 2.68. The lowest BCUT2D eigenvalue weighted by Crippen LogP contribution is -2.46. The van der Waals surface area contributed by atoms with Crippen molar-refractivity contribution in [2.45, 2.75) is 19.4 Å². The Morgan fingerprint density at radius 2 is 2.36 bits per heavy atom. The summed E-state index contributed by atoms with van der Waals surface area (Å²) >= 11 is 3.70. The van der Waals surface area contributed by atoms with Gasteiger partial charge in [-0.25, -0.2) is 0 Å². The van der Waals surface area contributed by atoms with E-state index in [1.807, 2.05) is 11.4 Å². The zero-order chi connectivity index (χ0) is 10.8. The lowest BCUT2D eigenvalue weighted by molar-refractivity contribution is 0.0870. The number of amides is 1. The molecular weight excluding hydrogens is 313 g/mol. The highest BCUT2D eigenvalue weighted by atomic mass is 127. The Bertz CT molecular complexity index is 335. The van der Waals surface area contributed by atoms with Gasteiger partial charge in [-0.2, -0.15) is 0 Å². The van der Waals surface area contributed by atoms with E-state index in [1.165, 1.54) is 11.3 Å². The van der Waals surface area contributed by atoms with Crippen LogP contribution in [0.2, 0.25) is 0 Å². The number of thiophene rings is 1. The molecule has 0 aromatic carbocycles. The van der Waals surface area contributed by atoms with Crippen LogP contribution in [-0.4, -0.2) is 23.2 Å². The number of carbonyl (C=O) groups excluding carboxylic acids is 1. The monoisotopic (exact) mass is 325 g/mol. The van der Waals surface area contributed by atoms with Crippen LogP contribution >= 0.6 is 33.9 Å². The molecule has 0 fully saturated rings. The first kappa shape index (κ1) is 11.9. The van der Waals surface area contributed by atoms with Crippen LogP contribution in [0.3, 0.4) is 0 Å². The van der Waals surface area contributed by atoms with Crippen LogP contribution in [0.15, 0.2) is 11.4 Å². The summed E-state index contributed by atoms with van der Waals surface area (Å²) in [5, 5.41) is 13.5. The zero-order valence-electron chi connectivity index (χ0n) is 8.00. The summed E-state index contributed by atoms with van der Waals surface area (Å²) < 4.78 is 1.08. The summed E-state index contributed by atoms with van der Waals surface area (Å²) in [6.07, 6.45) is 0. The van der Waals surface area contributed by atoms with Gasteiger partial charge in [-0.3, -0.25) is 4.79 Å². The molecule has 0 saturated heterocycles. The van der Waals surface area contributed by atoms with Crippen molar-refractivity contribution in [1.29, 1.82) is 0 Å². The van der Waals surface area contributed by atoms with E-state index in [-0.39, 0.29) is 12.5 Å². The maximum absolute atomic E-state index is 11.6. The minimum absolute atomic E-state index is 0.0695. The first-order chi connectivity index (χ1) is 6.44. The van der Waals surface area contributed by atoms with Crippen LogP contribution in [-0.2, 0) is 0 Å². The van der Waals surface area contributed by atoms with Gasteiger partial charge < -0.3 is 10.4 Å². The Labute approximate surface area is 101 Å². The Kier molecular flexibility index (Phi) is 3.91. The second-order valence-electron chi connectivity index (χ2n) is 3.64. The van der Waals surface area contributed by atoms with Crippen LogP contribution in [0.4, 0.5) is 0 Å². The highest BCUT2D eigenvalue weighted by molar-refractivity contribution is 14.1. The van der Waals surface area contributed by atoms with Crippen molar-refractivity contribution in [2.24, 2.45) is 0 Å². The molecule has 1 aromatic rings. The number of aliphatic hydroxyl groups excluding tert-OH is 1. The maximum atomic E-state index is 11.6. The molecule has 0 aliphatic carbocycles. The van der Waals surface area contributed by atoms with E-state index in [1.54, 1.807) is 13.8 Å². The number of hydrogen-bond acceptors (Lipinski definition) is 3. The molecule has 0 saturated carbocycles. The van der Waals surface area contributed by atoms with Crippen molar-refractivity contribution < 1.29 is 9.90 Å². The van der Waals surface area contributed by atoms with Crippen LogP contribution in [0.5, 0.6) is 0 Å². The van der Waals surface area contributed by atoms with Crippen LogP contribution in [0.25, 0.3) is 0 Å². The molecule has 0 aliphatic rings. The number of halogens is 1. The van der Waals surface area contributed by atoms with Gasteiger partial charge in [-0.15, -0.1) is 11.3 Å². The highest BCUT2D eigenvalue weighted by Crippen LogP contribution is 2.17. The average Bonchev–Trinajstić information content (AvgIpc) is 2.51. The zero-order valence-corrected chi connectivity index (χ0v) is 11.0. The van der Waals surface area contributed by atoms with Crippen molar-refractivity contribution in [3.8, 4) is 0 Å². The molecule has 0 bridgehead atoms. The fourth-order valence-electron chi connectivity index (χ4n) is 0.848. The molecule has 1 aromatic heterocycles. The summed E-state index contributed by atoms with van der Waals surface area (Å²) in [6, 6.07) is 1.83. The van der Waals surface area contributed by atoms with Crippen LogP contribution in [0, 0.1) is 2.88 Å². The predicted molar refractivity (Wildman–Crippen MR) is 65.7 cm³/mol. The first-order valence-corrected chi connectivity index (χ1v) is 6.08. The van der Waals surface area contributed by atoms with Gasteiger partial charge in [-0.05, 0) is 42.5 Å². The molecule has 3 nitrogen and oxygen atoms in total. The third-order valence-corrected chi connectivity index (χ3v) is 3.47. The molecule has 1 heterocycles. The number of nitrogens with one attached hydrogen (secondary N) is 1. The van der Waals surface area contributed by atoms with Gasteiger partial charge in [-0.1, -0.05) is 0 Å². The Morgan fingerprint density at radius 1 is 1.71 bits per heavy atom. The number of aliphatic hydroxyl groups is 1. The lowest BCUT2D eigenvalue weighted by atomic mass is 10.1. The molecule has 0 radical (unpaired) electrons. The fraction of sp³-hybridized carbons (Fsp3) is 0.444. The normalized spacial score (nSPS) is 11.4. The summed E-state index contributed by atoms with van der Waals surface area (Å²) in [6.45, 7) is 3.49. The first-order valence-electron chi connectivity index (χ1n) is 4.12. The van der Waals surface area contributed by atoms with Crippen molar-refractivity contribution in [3.05, 3.63) is 19.9 Å². The SMILES string of the molecule is CC(C)(CO)NC(=O)c1csc(I)c1. The molecule has 0 aliphatic heterocycles. The summed E-state index contributed by atoms with van der Waals surface area (Å²) in [7, 11) is 0. The van der Waals surface area contributed by atoms with E-state index in [2.05, 4.69) is 27.9 Å². The average molecular weight is 325 g/mol. The van der Waals surface area contributed by atoms with E-state index in [0.29, 0.717) is 5.56 Å². The van der Waals surface area contributed by atoms with Crippen molar-refractivity contribution in [1.82, 2.24) is 5.32 Å². The molecule has 78 valence electrons. The molecule has 0 spiro atoms. The van der Waals surface area contributed by atoms with Crippen LogP contribution < -0.4 is 5.32 Å². The molecule has 0 unspecified atom stereocenters. The standard InChI is InChI=1S/C9H12INO2S/c1-9(2,5-12)11-8(13)6-3-7(10)14-4-6/h3-4,12H,5H2,1-2H3,(H,11,13). The van der Waals surface area contributed by atoms with Gasteiger partial charge in [0.2, 0.25) is 0 Å². The smallest absolute Gasteiger partial charge is 0.252 e. The topological polar surface area (TPSA) is 49.3 Å². The minimum atomic E-state index is -0.565. The summed E-state index contributed by atoms with van der Waals surface area (Å²) in [5.41, 5.74) is 0.0886. The maximum Gasteiger partial charge on any atom is 0.252 e. The van der Waals surface area contributed by atoms with Gasteiger partial charge in [0.15, 0.2) is 0 Å². The van der Waals surface area contributed by atoms with Gasteiger partial charge in [0.05, 0.1) is 20.6 Å². The minimum Gasteiger partial charge on any atom is -0.394 e. The lowest BCUT2D eigenvalue weighted by Gasteiger charge is -2.22. The van der Waals surface area contributed by atoms with E-state index < -0.39 is 5.54 Å². The quantitative estimate of drug-likeness (QED) is 0.834. The van der Waals surface area contributed by atoms with Crippen molar-refractivity contribution >= 4 is 39.8 Å². The van der Waals surface area contributed by atoms with Crippen molar-refractivity contribution in [3.63, 3.8) is 0 Å². The number of rotatable bonds is 3. The Morgan fingerprint density at radius 3 is 2.79 bits per heavy atom. The predicted octanol–water partition coefficient (Wildman–Crippen LogP) is 1.85. The van der Waals surface area contributed by atoms with Gasteiger partial charge in [0.1, 0.15) is 0 Å². The molecule has 1 rings (SSSR count). The van der Waals surface area contributed by atoms with Gasteiger partial charge in [0.25, 0.3) is 5.91 Å². The van der Waals surface area contributed by atoms with E-state index >= 15 is 0 Å². The fourth-order valence-corrected chi connectivity index (χ4v) is 2.17. The second kappa shape index (κ2) is 4.59. The highest BCUT2D eigenvalue weighted by Gasteiger charge is 2.20. The molecular formula is C9H12INO2S. The number of carbonyl (C=O) groups is 1. The molecule has 5 heteroatoms.